The number of aliphatic carboxylic acids is 2. The number of aromatic hydroxyl groups is 4. The third-order valence-corrected chi connectivity index (χ3v) is 4.22. The molecular weight excluding hydrogens is 468 g/mol. The van der Waals surface area contributed by atoms with E-state index >= 15 is 0 Å². The van der Waals surface area contributed by atoms with Gasteiger partial charge >= 0.3 is 11.9 Å². The molecule has 0 spiro atoms. The van der Waals surface area contributed by atoms with Crippen molar-refractivity contribution >= 4 is 11.9 Å². The summed E-state index contributed by atoms with van der Waals surface area (Å²) in [4.78, 5) is 19.4. The Morgan fingerprint density at radius 3 is 1.31 bits per heavy atom. The average molecular weight is 501 g/mol. The predicted molar refractivity (Wildman–Crippen MR) is 123 cm³/mol. The van der Waals surface area contributed by atoms with E-state index in [0.717, 1.165) is 0 Å². The van der Waals surface area contributed by atoms with Crippen LogP contribution in [0.2, 0.25) is 0 Å². The first-order chi connectivity index (χ1) is 16.3. The van der Waals surface area contributed by atoms with E-state index in [1.165, 1.54) is 24.3 Å². The molecule has 0 saturated heterocycles. The van der Waals surface area contributed by atoms with Gasteiger partial charge in [-0.3, -0.25) is 4.79 Å². The Morgan fingerprint density at radius 2 is 1.09 bits per heavy atom. The Bertz CT molecular complexity index is 880. The first-order valence-corrected chi connectivity index (χ1v) is 10.2. The Hall–Kier alpha value is -3.62. The molecule has 0 fully saturated rings. The van der Waals surface area contributed by atoms with E-state index in [1.807, 2.05) is 0 Å². The molecule has 0 bridgehead atoms. The van der Waals surface area contributed by atoms with E-state index in [-0.39, 0.29) is 23.0 Å². The van der Waals surface area contributed by atoms with Crippen LogP contribution in [0.15, 0.2) is 36.4 Å². The minimum absolute atomic E-state index is 0.180. The SMILES string of the molecule is CNC[C@H](O)c1ccc(O)c(O)c1.CNC[C@H](O)c1ccc(O)c(O)c1.O=C(O)CC(O)C(=O)O. The number of rotatable bonds is 9. The van der Waals surface area contributed by atoms with Crippen LogP contribution in [0.1, 0.15) is 29.8 Å². The van der Waals surface area contributed by atoms with Crippen LogP contribution in [0.3, 0.4) is 0 Å². The van der Waals surface area contributed by atoms with Crippen LogP contribution >= 0.6 is 0 Å². The van der Waals surface area contributed by atoms with E-state index < -0.39 is 36.7 Å². The van der Waals surface area contributed by atoms with Crippen molar-refractivity contribution in [3.05, 3.63) is 47.5 Å². The predicted octanol–water partition coefficient (Wildman–Crippen LogP) is -0.392. The van der Waals surface area contributed by atoms with Gasteiger partial charge < -0.3 is 56.6 Å². The zero-order valence-corrected chi connectivity index (χ0v) is 19.2. The lowest BCUT2D eigenvalue weighted by molar-refractivity contribution is -0.152. The molecule has 0 heterocycles. The van der Waals surface area contributed by atoms with Crippen molar-refractivity contribution in [1.82, 2.24) is 10.6 Å². The van der Waals surface area contributed by atoms with Crippen LogP contribution in [-0.4, -0.2) is 91.2 Å². The van der Waals surface area contributed by atoms with Gasteiger partial charge in [-0.1, -0.05) is 12.1 Å². The molecule has 0 aliphatic carbocycles. The van der Waals surface area contributed by atoms with Gasteiger partial charge in [-0.15, -0.1) is 0 Å². The summed E-state index contributed by atoms with van der Waals surface area (Å²) in [5, 5.41) is 85.0. The molecule has 0 aliphatic heterocycles. The number of hydrogen-bond donors (Lipinski definition) is 11. The van der Waals surface area contributed by atoms with Crippen LogP contribution in [0, 0.1) is 0 Å². The van der Waals surface area contributed by atoms with Crippen molar-refractivity contribution in [3.8, 4) is 23.0 Å². The van der Waals surface area contributed by atoms with Crippen LogP contribution in [-0.2, 0) is 9.59 Å². The normalized spacial score (nSPS) is 12.7. The molecule has 0 aliphatic rings. The van der Waals surface area contributed by atoms with Crippen molar-refractivity contribution < 1.29 is 55.5 Å². The molecule has 2 aromatic carbocycles. The molecule has 0 saturated carbocycles. The molecule has 196 valence electrons. The fourth-order valence-electron chi connectivity index (χ4n) is 2.37. The van der Waals surface area contributed by atoms with Gasteiger partial charge in [-0.25, -0.2) is 4.79 Å². The van der Waals surface area contributed by atoms with Crippen LogP contribution in [0.25, 0.3) is 0 Å². The number of phenols is 4. The van der Waals surface area contributed by atoms with Gasteiger partial charge in [0.15, 0.2) is 29.1 Å². The molecule has 2 rings (SSSR count). The lowest BCUT2D eigenvalue weighted by Crippen LogP contribution is -2.22. The monoisotopic (exact) mass is 500 g/mol. The Labute approximate surface area is 201 Å². The number of carbonyl (C=O) groups is 2. The lowest BCUT2D eigenvalue weighted by atomic mass is 10.1. The number of phenolic OH excluding ortho intramolecular Hbond substituents is 4. The molecular formula is C22H32N2O11. The number of aliphatic hydroxyl groups is 3. The summed E-state index contributed by atoms with van der Waals surface area (Å²) >= 11 is 0. The number of benzene rings is 2. The maximum absolute atomic E-state index is 9.72. The molecule has 13 heteroatoms. The van der Waals surface area contributed by atoms with Crippen LogP contribution < -0.4 is 10.6 Å². The largest absolute Gasteiger partial charge is 0.504 e. The molecule has 13 nitrogen and oxygen atoms in total. The van der Waals surface area contributed by atoms with Gasteiger partial charge in [0, 0.05) is 13.1 Å². The first-order valence-electron chi connectivity index (χ1n) is 10.2. The molecule has 1 unspecified atom stereocenters. The van der Waals surface area contributed by atoms with E-state index in [9.17, 15) is 19.8 Å². The fraction of sp³-hybridized carbons (Fsp3) is 0.364. The summed E-state index contributed by atoms with van der Waals surface area (Å²) in [6.45, 7) is 0.814. The minimum Gasteiger partial charge on any atom is -0.504 e. The van der Waals surface area contributed by atoms with Crippen molar-refractivity contribution in [3.63, 3.8) is 0 Å². The van der Waals surface area contributed by atoms with E-state index in [4.69, 9.17) is 35.7 Å². The second-order valence-electron chi connectivity index (χ2n) is 7.10. The number of hydrogen-bond acceptors (Lipinski definition) is 11. The zero-order chi connectivity index (χ0) is 27.1. The quantitative estimate of drug-likeness (QED) is 0.197. The van der Waals surface area contributed by atoms with Gasteiger partial charge in [0.1, 0.15) is 0 Å². The second kappa shape index (κ2) is 16.1. The number of aliphatic hydroxyl groups excluding tert-OH is 3. The number of carboxylic acid groups (broad SMARTS) is 2. The van der Waals surface area contributed by atoms with E-state index in [1.54, 1.807) is 26.2 Å². The van der Waals surface area contributed by atoms with Gasteiger partial charge in [0.05, 0.1) is 18.6 Å². The molecule has 0 amide bonds. The third-order valence-electron chi connectivity index (χ3n) is 4.22. The van der Waals surface area contributed by atoms with Gasteiger partial charge in [0.25, 0.3) is 0 Å². The number of likely N-dealkylation sites (N-methyl/N-ethyl adjacent to an activating group) is 2. The Morgan fingerprint density at radius 1 is 0.714 bits per heavy atom. The van der Waals surface area contributed by atoms with Gasteiger partial charge in [0.2, 0.25) is 0 Å². The Balaban J connectivity index is 0.000000506. The summed E-state index contributed by atoms with van der Waals surface area (Å²) in [5.41, 5.74) is 1.15. The van der Waals surface area contributed by atoms with Crippen LogP contribution in [0.4, 0.5) is 0 Å². The summed E-state index contributed by atoms with van der Waals surface area (Å²) in [6.07, 6.45) is -3.88. The fourth-order valence-corrected chi connectivity index (χ4v) is 2.37. The highest BCUT2D eigenvalue weighted by Crippen LogP contribution is 2.28. The third kappa shape index (κ3) is 12.4. The summed E-state index contributed by atoms with van der Waals surface area (Å²) < 4.78 is 0. The maximum Gasteiger partial charge on any atom is 0.333 e. The first kappa shape index (κ1) is 31.4. The number of nitrogens with one attached hydrogen (secondary N) is 2. The summed E-state index contributed by atoms with van der Waals surface area (Å²) in [5.74, 6) is -3.64. The highest BCUT2D eigenvalue weighted by Gasteiger charge is 2.16. The zero-order valence-electron chi connectivity index (χ0n) is 19.2. The van der Waals surface area contributed by atoms with Gasteiger partial charge in [-0.05, 0) is 49.5 Å². The van der Waals surface area contributed by atoms with E-state index in [0.29, 0.717) is 24.2 Å². The maximum atomic E-state index is 9.72. The molecule has 3 atom stereocenters. The van der Waals surface area contributed by atoms with Gasteiger partial charge in [-0.2, -0.15) is 0 Å². The minimum atomic E-state index is -1.79. The highest BCUT2D eigenvalue weighted by molar-refractivity contribution is 5.79. The van der Waals surface area contributed by atoms with E-state index in [2.05, 4.69) is 10.6 Å². The topological polar surface area (TPSA) is 240 Å². The summed E-state index contributed by atoms with van der Waals surface area (Å²) in [7, 11) is 3.45. The molecule has 35 heavy (non-hydrogen) atoms. The molecule has 0 radical (unpaired) electrons. The van der Waals surface area contributed by atoms with Crippen molar-refractivity contribution in [2.24, 2.45) is 0 Å². The smallest absolute Gasteiger partial charge is 0.333 e. The summed E-state index contributed by atoms with van der Waals surface area (Å²) in [6, 6.07) is 8.52. The lowest BCUT2D eigenvalue weighted by Gasteiger charge is -2.10. The molecule has 0 aromatic heterocycles. The van der Waals surface area contributed by atoms with Crippen molar-refractivity contribution in [2.75, 3.05) is 27.2 Å². The van der Waals surface area contributed by atoms with Crippen molar-refractivity contribution in [2.45, 2.75) is 24.7 Å². The second-order valence-corrected chi connectivity index (χ2v) is 7.10. The Kier molecular flexibility index (Phi) is 14.4. The average Bonchev–Trinajstić information content (AvgIpc) is 2.78. The highest BCUT2D eigenvalue weighted by atomic mass is 16.4. The molecule has 11 N–H and O–H groups in total. The molecule has 2 aromatic rings. The van der Waals surface area contributed by atoms with Crippen molar-refractivity contribution in [1.29, 1.82) is 0 Å². The number of carboxylic acids is 2. The standard InChI is InChI=1S/2C9H13NO3.C4H6O5/c2*1-10-5-9(13)6-2-3-7(11)8(12)4-6;5-2(4(8)9)1-3(6)7/h2*2-4,9-13H,5H2,1H3;2,5H,1H2,(H,6,7)(H,8,9)/t2*9-;/m00./s1. The van der Waals surface area contributed by atoms with Crippen LogP contribution in [0.5, 0.6) is 23.0 Å².